The fourth-order valence-corrected chi connectivity index (χ4v) is 2.29. The Morgan fingerprint density at radius 2 is 2.20 bits per heavy atom. The van der Waals surface area contributed by atoms with E-state index in [9.17, 15) is 10.1 Å². The van der Waals surface area contributed by atoms with Crippen LogP contribution in [-0.2, 0) is 15.9 Å². The minimum atomic E-state index is -0.384. The van der Waals surface area contributed by atoms with Crippen LogP contribution in [0.2, 0.25) is 0 Å². The molecule has 1 fully saturated rings. The summed E-state index contributed by atoms with van der Waals surface area (Å²) < 4.78 is 10.9. The molecule has 1 aromatic carbocycles. The summed E-state index contributed by atoms with van der Waals surface area (Å²) in [5.74, 6) is 0. The Balaban J connectivity index is 1.74. The number of rotatable bonds is 7. The minimum Gasteiger partial charge on any atom is -0.378 e. The van der Waals surface area contributed by atoms with Crippen molar-refractivity contribution in [3.63, 3.8) is 0 Å². The topological polar surface area (TPSA) is 73.6 Å². The second-order valence-corrected chi connectivity index (χ2v) is 5.04. The van der Waals surface area contributed by atoms with E-state index >= 15 is 0 Å². The van der Waals surface area contributed by atoms with Gasteiger partial charge in [0.2, 0.25) is 0 Å². The molecule has 6 heteroatoms. The van der Waals surface area contributed by atoms with Crippen LogP contribution in [-0.4, -0.2) is 43.9 Å². The predicted octanol–water partition coefficient (Wildman–Crippen LogP) is 1.53. The summed E-state index contributed by atoms with van der Waals surface area (Å²) in [5.41, 5.74) is 1.01. The van der Waals surface area contributed by atoms with E-state index in [1.165, 1.54) is 12.1 Å². The number of methoxy groups -OCH3 is 1. The summed E-state index contributed by atoms with van der Waals surface area (Å²) in [6.45, 7) is 2.95. The van der Waals surface area contributed by atoms with Crippen LogP contribution in [0.5, 0.6) is 0 Å². The first-order chi connectivity index (χ1) is 9.65. The van der Waals surface area contributed by atoms with Gasteiger partial charge in [-0.1, -0.05) is 12.1 Å². The first-order valence-corrected chi connectivity index (χ1v) is 6.72. The lowest BCUT2D eigenvalue weighted by Gasteiger charge is -2.26. The molecule has 0 spiro atoms. The number of hydrogen-bond donors (Lipinski definition) is 1. The number of nitro benzene ring substituents is 1. The Hall–Kier alpha value is -1.50. The number of benzene rings is 1. The molecule has 1 unspecified atom stereocenters. The van der Waals surface area contributed by atoms with Crippen molar-refractivity contribution in [1.82, 2.24) is 5.32 Å². The molecule has 0 radical (unpaired) electrons. The van der Waals surface area contributed by atoms with Gasteiger partial charge in [0, 0.05) is 38.8 Å². The third kappa shape index (κ3) is 3.75. The fraction of sp³-hybridized carbons (Fsp3) is 0.571. The molecule has 0 bridgehead atoms. The molecule has 20 heavy (non-hydrogen) atoms. The highest BCUT2D eigenvalue weighted by atomic mass is 16.6. The van der Waals surface area contributed by atoms with Crippen molar-refractivity contribution >= 4 is 5.69 Å². The predicted molar refractivity (Wildman–Crippen MR) is 74.8 cm³/mol. The molecule has 6 nitrogen and oxygen atoms in total. The van der Waals surface area contributed by atoms with Gasteiger partial charge in [-0.2, -0.15) is 0 Å². The van der Waals surface area contributed by atoms with Gasteiger partial charge in [-0.25, -0.2) is 0 Å². The van der Waals surface area contributed by atoms with E-state index in [4.69, 9.17) is 9.47 Å². The summed E-state index contributed by atoms with van der Waals surface area (Å²) in [6, 6.07) is 6.67. The van der Waals surface area contributed by atoms with E-state index < -0.39 is 0 Å². The van der Waals surface area contributed by atoms with E-state index in [2.05, 4.69) is 5.32 Å². The van der Waals surface area contributed by atoms with Crippen molar-refractivity contribution in [2.45, 2.75) is 18.4 Å². The molecule has 0 aliphatic carbocycles. The maximum absolute atomic E-state index is 10.6. The van der Waals surface area contributed by atoms with E-state index in [1.54, 1.807) is 19.2 Å². The molecule has 1 heterocycles. The average molecular weight is 280 g/mol. The molecule has 1 aliphatic heterocycles. The second kappa shape index (κ2) is 6.78. The summed E-state index contributed by atoms with van der Waals surface area (Å²) in [5, 5.41) is 13.9. The SMILES string of the molecule is COC1(CNCCc2ccc([N+](=O)[O-])cc2)CCOC1. The summed E-state index contributed by atoms with van der Waals surface area (Å²) in [4.78, 5) is 10.2. The van der Waals surface area contributed by atoms with E-state index in [0.29, 0.717) is 6.61 Å². The normalized spacial score (nSPS) is 22.1. The molecule has 110 valence electrons. The molecular weight excluding hydrogens is 260 g/mol. The van der Waals surface area contributed by atoms with E-state index in [0.717, 1.165) is 38.1 Å². The first kappa shape index (κ1) is 14.9. The molecule has 1 N–H and O–H groups in total. The second-order valence-electron chi connectivity index (χ2n) is 5.04. The lowest BCUT2D eigenvalue weighted by atomic mass is 10.0. The van der Waals surface area contributed by atoms with Gasteiger partial charge in [-0.05, 0) is 18.5 Å². The van der Waals surface area contributed by atoms with E-state index in [-0.39, 0.29) is 16.2 Å². The Bertz CT molecular complexity index is 441. The van der Waals surface area contributed by atoms with E-state index in [1.807, 2.05) is 0 Å². The lowest BCUT2D eigenvalue weighted by Crippen LogP contribution is -2.43. The Labute approximate surface area is 118 Å². The lowest BCUT2D eigenvalue weighted by molar-refractivity contribution is -0.384. The molecule has 1 atom stereocenters. The zero-order chi connectivity index (χ0) is 14.4. The zero-order valence-electron chi connectivity index (χ0n) is 11.6. The molecule has 2 rings (SSSR count). The van der Waals surface area contributed by atoms with Crippen LogP contribution in [0.4, 0.5) is 5.69 Å². The number of non-ortho nitro benzene ring substituents is 1. The van der Waals surface area contributed by atoms with Crippen LogP contribution >= 0.6 is 0 Å². The molecule has 1 aromatic rings. The number of hydrogen-bond acceptors (Lipinski definition) is 5. The molecule has 0 aromatic heterocycles. The summed E-state index contributed by atoms with van der Waals surface area (Å²) in [6.07, 6.45) is 1.74. The Morgan fingerprint density at radius 3 is 2.75 bits per heavy atom. The number of nitrogens with zero attached hydrogens (tertiary/aromatic N) is 1. The van der Waals surface area contributed by atoms with Gasteiger partial charge < -0.3 is 14.8 Å². The number of nitro groups is 1. The van der Waals surface area contributed by atoms with Crippen molar-refractivity contribution in [1.29, 1.82) is 0 Å². The van der Waals surface area contributed by atoms with Crippen molar-refractivity contribution < 1.29 is 14.4 Å². The highest BCUT2D eigenvalue weighted by molar-refractivity contribution is 5.32. The monoisotopic (exact) mass is 280 g/mol. The van der Waals surface area contributed by atoms with Crippen LogP contribution in [0.15, 0.2) is 24.3 Å². The van der Waals surface area contributed by atoms with Crippen molar-refractivity contribution in [2.75, 3.05) is 33.4 Å². The largest absolute Gasteiger partial charge is 0.378 e. The van der Waals surface area contributed by atoms with Gasteiger partial charge >= 0.3 is 0 Å². The Kier molecular flexibility index (Phi) is 5.05. The standard InChI is InChI=1S/C14H20N2O4/c1-19-14(7-9-20-11-14)10-15-8-6-12-2-4-13(5-3-12)16(17)18/h2-5,15H,6-11H2,1H3. The first-order valence-electron chi connectivity index (χ1n) is 6.72. The third-order valence-electron chi connectivity index (χ3n) is 3.68. The van der Waals surface area contributed by atoms with Gasteiger partial charge in [0.05, 0.1) is 11.5 Å². The minimum absolute atomic E-state index is 0.128. The quantitative estimate of drug-likeness (QED) is 0.466. The smallest absolute Gasteiger partial charge is 0.269 e. The van der Waals surface area contributed by atoms with Crippen LogP contribution in [0, 0.1) is 10.1 Å². The van der Waals surface area contributed by atoms with Crippen LogP contribution < -0.4 is 5.32 Å². The number of ether oxygens (including phenoxy) is 2. The zero-order valence-corrected chi connectivity index (χ0v) is 11.6. The van der Waals surface area contributed by atoms with Gasteiger partial charge in [0.15, 0.2) is 0 Å². The maximum Gasteiger partial charge on any atom is 0.269 e. The fourth-order valence-electron chi connectivity index (χ4n) is 2.29. The summed E-state index contributed by atoms with van der Waals surface area (Å²) >= 11 is 0. The maximum atomic E-state index is 10.6. The highest BCUT2D eigenvalue weighted by Crippen LogP contribution is 2.21. The highest BCUT2D eigenvalue weighted by Gasteiger charge is 2.34. The average Bonchev–Trinajstić information content (AvgIpc) is 2.93. The molecule has 1 saturated heterocycles. The van der Waals surface area contributed by atoms with Crippen molar-refractivity contribution in [2.24, 2.45) is 0 Å². The van der Waals surface area contributed by atoms with Crippen molar-refractivity contribution in [3.05, 3.63) is 39.9 Å². The third-order valence-corrected chi connectivity index (χ3v) is 3.68. The van der Waals surface area contributed by atoms with Crippen LogP contribution in [0.1, 0.15) is 12.0 Å². The number of nitrogens with one attached hydrogen (secondary N) is 1. The molecule has 0 saturated carbocycles. The Morgan fingerprint density at radius 1 is 1.45 bits per heavy atom. The van der Waals surface area contributed by atoms with Crippen molar-refractivity contribution in [3.8, 4) is 0 Å². The van der Waals surface area contributed by atoms with Crippen LogP contribution in [0.25, 0.3) is 0 Å². The summed E-state index contributed by atoms with van der Waals surface area (Å²) in [7, 11) is 1.71. The molecule has 1 aliphatic rings. The molecule has 0 amide bonds. The molecular formula is C14H20N2O4. The van der Waals surface area contributed by atoms with Gasteiger partial charge in [-0.15, -0.1) is 0 Å². The van der Waals surface area contributed by atoms with Gasteiger partial charge in [-0.3, -0.25) is 10.1 Å². The van der Waals surface area contributed by atoms with Crippen LogP contribution in [0.3, 0.4) is 0 Å². The van der Waals surface area contributed by atoms with Gasteiger partial charge in [0.1, 0.15) is 5.60 Å². The van der Waals surface area contributed by atoms with Gasteiger partial charge in [0.25, 0.3) is 5.69 Å².